The minimum Gasteiger partial charge on any atom is -0.377 e. The molecule has 0 aromatic carbocycles. The molecule has 3 saturated carbocycles. The highest BCUT2D eigenvalue weighted by atomic mass is 16.5. The Kier molecular flexibility index (Phi) is 4.19. The Morgan fingerprint density at radius 3 is 2.47 bits per heavy atom. The Labute approximate surface area is 118 Å². The maximum Gasteiger partial charge on any atom is 0.0830 e. The lowest BCUT2D eigenvalue weighted by Crippen LogP contribution is -2.53. The van der Waals surface area contributed by atoms with Gasteiger partial charge in [-0.15, -0.1) is 0 Å². The van der Waals surface area contributed by atoms with E-state index in [1.54, 1.807) is 0 Å². The van der Waals surface area contributed by atoms with Crippen LogP contribution in [0.1, 0.15) is 64.2 Å². The number of rotatable bonds is 5. The predicted octanol–water partition coefficient (Wildman–Crippen LogP) is 3.75. The first kappa shape index (κ1) is 13.9. The fraction of sp³-hybridized carbons (Fsp3) is 1.00. The molecule has 0 saturated heterocycles. The van der Waals surface area contributed by atoms with Crippen LogP contribution in [0.15, 0.2) is 0 Å². The van der Waals surface area contributed by atoms with Crippen LogP contribution in [-0.2, 0) is 4.74 Å². The van der Waals surface area contributed by atoms with Gasteiger partial charge in [-0.3, -0.25) is 0 Å². The van der Waals surface area contributed by atoms with Gasteiger partial charge in [0.15, 0.2) is 0 Å². The minimum atomic E-state index is 0.134. The van der Waals surface area contributed by atoms with E-state index in [-0.39, 0.29) is 5.60 Å². The van der Waals surface area contributed by atoms with E-state index in [1.807, 2.05) is 7.11 Å². The van der Waals surface area contributed by atoms with E-state index in [9.17, 15) is 0 Å². The molecule has 0 amide bonds. The lowest BCUT2D eigenvalue weighted by molar-refractivity contribution is -0.0723. The number of nitrogens with one attached hydrogen (secondary N) is 1. The lowest BCUT2D eigenvalue weighted by atomic mass is 9.74. The van der Waals surface area contributed by atoms with E-state index in [0.29, 0.717) is 6.04 Å². The van der Waals surface area contributed by atoms with Crippen molar-refractivity contribution < 1.29 is 4.74 Å². The van der Waals surface area contributed by atoms with Gasteiger partial charge in [0.05, 0.1) is 5.60 Å². The third-order valence-electron chi connectivity index (χ3n) is 6.51. The zero-order valence-electron chi connectivity index (χ0n) is 12.8. The molecule has 0 aliphatic heterocycles. The molecular formula is C17H31NO. The van der Waals surface area contributed by atoms with Crippen molar-refractivity contribution in [3.05, 3.63) is 0 Å². The van der Waals surface area contributed by atoms with Crippen LogP contribution in [0.3, 0.4) is 0 Å². The summed E-state index contributed by atoms with van der Waals surface area (Å²) in [6, 6.07) is 0.571. The molecule has 1 N–H and O–H groups in total. The fourth-order valence-corrected chi connectivity index (χ4v) is 5.41. The molecule has 4 unspecified atom stereocenters. The van der Waals surface area contributed by atoms with E-state index < -0.39 is 0 Å². The van der Waals surface area contributed by atoms with Crippen molar-refractivity contribution in [1.82, 2.24) is 5.32 Å². The van der Waals surface area contributed by atoms with Gasteiger partial charge in [-0.1, -0.05) is 25.7 Å². The first-order valence-electron chi connectivity index (χ1n) is 8.50. The summed E-state index contributed by atoms with van der Waals surface area (Å²) in [7, 11) is 4.09. The summed E-state index contributed by atoms with van der Waals surface area (Å²) in [5, 5.41) is 3.62. The molecule has 3 rings (SSSR count). The Bertz CT molecular complexity index is 298. The van der Waals surface area contributed by atoms with Crippen LogP contribution in [-0.4, -0.2) is 25.8 Å². The van der Waals surface area contributed by atoms with Gasteiger partial charge in [0.25, 0.3) is 0 Å². The number of hydrogen-bond donors (Lipinski definition) is 1. The summed E-state index contributed by atoms with van der Waals surface area (Å²) < 4.78 is 6.06. The minimum absolute atomic E-state index is 0.134. The van der Waals surface area contributed by atoms with Gasteiger partial charge in [0.2, 0.25) is 0 Å². The van der Waals surface area contributed by atoms with E-state index in [0.717, 1.165) is 17.8 Å². The van der Waals surface area contributed by atoms with Crippen LogP contribution in [0.5, 0.6) is 0 Å². The first-order valence-corrected chi connectivity index (χ1v) is 8.50. The molecular weight excluding hydrogens is 234 g/mol. The molecule has 0 aromatic heterocycles. The summed E-state index contributed by atoms with van der Waals surface area (Å²) >= 11 is 0. The van der Waals surface area contributed by atoms with Crippen molar-refractivity contribution in [3.8, 4) is 0 Å². The van der Waals surface area contributed by atoms with Gasteiger partial charge in [-0.05, 0) is 63.3 Å². The van der Waals surface area contributed by atoms with E-state index in [2.05, 4.69) is 12.4 Å². The van der Waals surface area contributed by atoms with Crippen molar-refractivity contribution >= 4 is 0 Å². The van der Waals surface area contributed by atoms with Crippen molar-refractivity contribution in [2.75, 3.05) is 14.2 Å². The molecule has 0 heterocycles. The molecule has 4 atom stereocenters. The molecule has 3 aliphatic carbocycles. The monoisotopic (exact) mass is 265 g/mol. The Morgan fingerprint density at radius 1 is 1.16 bits per heavy atom. The van der Waals surface area contributed by atoms with E-state index in [4.69, 9.17) is 4.74 Å². The molecule has 3 fully saturated rings. The lowest BCUT2D eigenvalue weighted by Gasteiger charge is -2.44. The number of methoxy groups -OCH3 is 1. The van der Waals surface area contributed by atoms with Gasteiger partial charge >= 0.3 is 0 Å². The topological polar surface area (TPSA) is 21.3 Å². The molecule has 110 valence electrons. The smallest absolute Gasteiger partial charge is 0.0830 e. The normalized spacial score (nSPS) is 38.5. The highest BCUT2D eigenvalue weighted by Gasteiger charge is 2.45. The average Bonchev–Trinajstić information content (AvgIpc) is 3.08. The number of hydrogen-bond acceptors (Lipinski definition) is 2. The molecule has 19 heavy (non-hydrogen) atoms. The van der Waals surface area contributed by atoms with Gasteiger partial charge in [0, 0.05) is 13.2 Å². The summed E-state index contributed by atoms with van der Waals surface area (Å²) in [6.07, 6.45) is 14.0. The number of likely N-dealkylation sites (N-methyl/N-ethyl adjacent to an activating group) is 1. The summed E-state index contributed by atoms with van der Waals surface area (Å²) in [6.45, 7) is 0. The van der Waals surface area contributed by atoms with Crippen molar-refractivity contribution in [2.45, 2.75) is 75.9 Å². The van der Waals surface area contributed by atoms with Crippen LogP contribution >= 0.6 is 0 Å². The van der Waals surface area contributed by atoms with Gasteiger partial charge < -0.3 is 10.1 Å². The average molecular weight is 265 g/mol. The second kappa shape index (κ2) is 5.73. The Balaban J connectivity index is 1.65. The fourth-order valence-electron chi connectivity index (χ4n) is 5.41. The van der Waals surface area contributed by atoms with E-state index >= 15 is 0 Å². The molecule has 0 spiro atoms. The van der Waals surface area contributed by atoms with Crippen molar-refractivity contribution in [2.24, 2.45) is 17.8 Å². The third kappa shape index (κ3) is 2.58. The first-order chi connectivity index (χ1) is 9.27. The Morgan fingerprint density at radius 2 is 1.95 bits per heavy atom. The zero-order chi connectivity index (χ0) is 13.3. The number of fused-ring (bicyclic) bond motifs is 2. The van der Waals surface area contributed by atoms with Crippen LogP contribution in [0.2, 0.25) is 0 Å². The predicted molar refractivity (Wildman–Crippen MR) is 79.2 cm³/mol. The highest BCUT2D eigenvalue weighted by Crippen LogP contribution is 2.51. The standard InChI is InChI=1S/C17H31NO/c1-18-16(17(19-2)8-4-3-5-9-17)12-15-11-13-6-7-14(15)10-13/h13-16,18H,3-12H2,1-2H3. The maximum absolute atomic E-state index is 6.06. The number of ether oxygens (including phenoxy) is 1. The second-order valence-electron chi connectivity index (χ2n) is 7.34. The van der Waals surface area contributed by atoms with Crippen molar-refractivity contribution in [3.63, 3.8) is 0 Å². The largest absolute Gasteiger partial charge is 0.377 e. The quantitative estimate of drug-likeness (QED) is 0.817. The van der Waals surface area contributed by atoms with Crippen LogP contribution in [0.4, 0.5) is 0 Å². The summed E-state index contributed by atoms with van der Waals surface area (Å²) in [4.78, 5) is 0. The van der Waals surface area contributed by atoms with E-state index in [1.165, 1.54) is 64.2 Å². The molecule has 2 nitrogen and oxygen atoms in total. The summed E-state index contributed by atoms with van der Waals surface area (Å²) in [5.41, 5.74) is 0.134. The Hall–Kier alpha value is -0.0800. The molecule has 2 bridgehead atoms. The maximum atomic E-state index is 6.06. The van der Waals surface area contributed by atoms with Crippen LogP contribution in [0, 0.1) is 17.8 Å². The van der Waals surface area contributed by atoms with Crippen molar-refractivity contribution in [1.29, 1.82) is 0 Å². The molecule has 0 aromatic rings. The van der Waals surface area contributed by atoms with Gasteiger partial charge in [-0.2, -0.15) is 0 Å². The molecule has 3 aliphatic rings. The van der Waals surface area contributed by atoms with Crippen LogP contribution < -0.4 is 5.32 Å². The van der Waals surface area contributed by atoms with Gasteiger partial charge in [0.1, 0.15) is 0 Å². The SMILES string of the molecule is CNC(CC1CC2CCC1C2)C1(OC)CCCCC1. The van der Waals surface area contributed by atoms with Gasteiger partial charge in [-0.25, -0.2) is 0 Å². The molecule has 2 heteroatoms. The third-order valence-corrected chi connectivity index (χ3v) is 6.51. The summed E-state index contributed by atoms with van der Waals surface area (Å²) in [5.74, 6) is 3.08. The van der Waals surface area contributed by atoms with Crippen LogP contribution in [0.25, 0.3) is 0 Å². The highest BCUT2D eigenvalue weighted by molar-refractivity contribution is 4.99. The molecule has 0 radical (unpaired) electrons. The zero-order valence-corrected chi connectivity index (χ0v) is 12.8. The second-order valence-corrected chi connectivity index (χ2v) is 7.34.